The summed E-state index contributed by atoms with van der Waals surface area (Å²) < 4.78 is 4.78. The topological polar surface area (TPSA) is 126 Å². The predicted octanol–water partition coefficient (Wildman–Crippen LogP) is -1.06. The number of hydroxylamine groups is 1. The van der Waals surface area contributed by atoms with Crippen LogP contribution in [0.5, 0.6) is 0 Å². The molecule has 0 aromatic rings. The molecule has 8 nitrogen and oxygen atoms in total. The van der Waals surface area contributed by atoms with E-state index in [0.29, 0.717) is 39.0 Å². The summed E-state index contributed by atoms with van der Waals surface area (Å²) in [6.07, 6.45) is 1.86. The largest absolute Gasteiger partial charge is 0.383 e. The Morgan fingerprint density at radius 1 is 1.28 bits per heavy atom. The summed E-state index contributed by atoms with van der Waals surface area (Å²) in [4.78, 5) is 22.0. The van der Waals surface area contributed by atoms with Crippen molar-refractivity contribution in [1.82, 2.24) is 16.1 Å². The summed E-state index contributed by atoms with van der Waals surface area (Å²) in [5.74, 6) is -0.597. The van der Waals surface area contributed by atoms with Crippen LogP contribution in [0.2, 0.25) is 0 Å². The van der Waals surface area contributed by atoms with Crippen LogP contribution >= 0.6 is 0 Å². The quantitative estimate of drug-likeness (QED) is 0.206. The molecule has 0 bridgehead atoms. The minimum absolute atomic E-state index is 0.246. The van der Waals surface area contributed by atoms with Crippen LogP contribution in [0.25, 0.3) is 0 Å². The van der Waals surface area contributed by atoms with Crippen molar-refractivity contribution in [2.45, 2.75) is 25.3 Å². The Balaban J connectivity index is 3.39. The van der Waals surface area contributed by atoms with Gasteiger partial charge >= 0.3 is 6.03 Å². The maximum atomic E-state index is 11.2. The van der Waals surface area contributed by atoms with Crippen molar-refractivity contribution in [3.8, 4) is 0 Å². The molecule has 0 aliphatic carbocycles. The third kappa shape index (κ3) is 8.74. The van der Waals surface area contributed by atoms with E-state index in [-0.39, 0.29) is 6.03 Å². The number of rotatable bonds is 9. The summed E-state index contributed by atoms with van der Waals surface area (Å²) in [6, 6.07) is -0.963. The van der Waals surface area contributed by atoms with Gasteiger partial charge in [0.1, 0.15) is 0 Å². The molecule has 8 heteroatoms. The molecule has 106 valence electrons. The molecular weight excluding hydrogens is 240 g/mol. The van der Waals surface area contributed by atoms with E-state index in [4.69, 9.17) is 15.7 Å². The summed E-state index contributed by atoms with van der Waals surface area (Å²) in [7, 11) is 1.56. The van der Waals surface area contributed by atoms with Crippen LogP contribution < -0.4 is 21.8 Å². The van der Waals surface area contributed by atoms with E-state index in [1.807, 2.05) is 0 Å². The number of carbonyl (C=O) groups excluding carboxylic acids is 2. The van der Waals surface area contributed by atoms with Crippen molar-refractivity contribution in [3.63, 3.8) is 0 Å². The van der Waals surface area contributed by atoms with Crippen LogP contribution in [-0.2, 0) is 9.53 Å². The van der Waals surface area contributed by atoms with E-state index in [2.05, 4.69) is 10.6 Å². The Morgan fingerprint density at radius 3 is 2.56 bits per heavy atom. The van der Waals surface area contributed by atoms with Gasteiger partial charge in [0.15, 0.2) is 0 Å². The molecule has 0 aromatic heterocycles. The van der Waals surface area contributed by atoms with Gasteiger partial charge in [0, 0.05) is 20.2 Å². The second kappa shape index (κ2) is 10.8. The maximum absolute atomic E-state index is 11.2. The van der Waals surface area contributed by atoms with Crippen molar-refractivity contribution in [1.29, 1.82) is 0 Å². The standard InChI is InChI=1S/C10H22N4O4/c1-18-7-6-13-10(16)12-5-3-2-4-8(11)9(15)14-17/h8,17H,2-7,11H2,1H3,(H,14,15)(H2,12,13,16)/t8-/m1/s1. The van der Waals surface area contributed by atoms with Crippen LogP contribution in [0.15, 0.2) is 0 Å². The molecule has 0 unspecified atom stereocenters. The monoisotopic (exact) mass is 262 g/mol. The van der Waals surface area contributed by atoms with Gasteiger partial charge in [0.25, 0.3) is 5.91 Å². The first-order chi connectivity index (χ1) is 8.61. The number of hydrogen-bond acceptors (Lipinski definition) is 5. The van der Waals surface area contributed by atoms with Gasteiger partial charge in [-0.2, -0.15) is 0 Å². The number of methoxy groups -OCH3 is 1. The highest BCUT2D eigenvalue weighted by molar-refractivity contribution is 5.80. The number of urea groups is 1. The van der Waals surface area contributed by atoms with E-state index in [9.17, 15) is 9.59 Å². The SMILES string of the molecule is COCCNC(=O)NCCCC[C@@H](N)C(=O)NO. The summed E-state index contributed by atoms with van der Waals surface area (Å²) in [5, 5.41) is 13.6. The van der Waals surface area contributed by atoms with Crippen molar-refractivity contribution in [2.75, 3.05) is 26.8 Å². The Hall–Kier alpha value is -1.38. The maximum Gasteiger partial charge on any atom is 0.314 e. The van der Waals surface area contributed by atoms with Crippen LogP contribution in [0.4, 0.5) is 4.79 Å². The number of hydrogen-bond donors (Lipinski definition) is 5. The second-order valence-corrected chi connectivity index (χ2v) is 3.75. The number of amides is 3. The second-order valence-electron chi connectivity index (χ2n) is 3.75. The average molecular weight is 262 g/mol. The predicted molar refractivity (Wildman–Crippen MR) is 65.0 cm³/mol. The van der Waals surface area contributed by atoms with Gasteiger partial charge in [0.2, 0.25) is 0 Å². The molecule has 6 N–H and O–H groups in total. The first-order valence-corrected chi connectivity index (χ1v) is 5.82. The minimum atomic E-state index is -0.717. The molecule has 0 spiro atoms. The summed E-state index contributed by atoms with van der Waals surface area (Å²) in [6.45, 7) is 1.44. The van der Waals surface area contributed by atoms with Crippen LogP contribution in [0.1, 0.15) is 19.3 Å². The molecule has 0 heterocycles. The van der Waals surface area contributed by atoms with Crippen LogP contribution in [0.3, 0.4) is 0 Å². The Labute approximate surface area is 106 Å². The molecule has 0 saturated heterocycles. The van der Waals surface area contributed by atoms with Gasteiger partial charge < -0.3 is 21.1 Å². The number of nitrogens with one attached hydrogen (secondary N) is 3. The lowest BCUT2D eigenvalue weighted by molar-refractivity contribution is -0.130. The van der Waals surface area contributed by atoms with Gasteiger partial charge in [-0.3, -0.25) is 10.0 Å². The molecule has 0 radical (unpaired) electrons. The lowest BCUT2D eigenvalue weighted by Crippen LogP contribution is -2.39. The van der Waals surface area contributed by atoms with E-state index >= 15 is 0 Å². The third-order valence-electron chi connectivity index (χ3n) is 2.27. The van der Waals surface area contributed by atoms with E-state index in [0.717, 1.165) is 0 Å². The average Bonchev–Trinajstić information content (AvgIpc) is 2.37. The van der Waals surface area contributed by atoms with Gasteiger partial charge in [-0.1, -0.05) is 0 Å². The molecule has 18 heavy (non-hydrogen) atoms. The normalized spacial score (nSPS) is 11.7. The molecule has 0 aliphatic heterocycles. The number of unbranched alkanes of at least 4 members (excludes halogenated alkanes) is 1. The fraction of sp³-hybridized carbons (Fsp3) is 0.800. The molecule has 0 aromatic carbocycles. The molecular formula is C10H22N4O4. The fourth-order valence-corrected chi connectivity index (χ4v) is 1.23. The molecule has 0 fully saturated rings. The molecule has 0 rings (SSSR count). The minimum Gasteiger partial charge on any atom is -0.383 e. The van der Waals surface area contributed by atoms with Gasteiger partial charge in [-0.15, -0.1) is 0 Å². The highest BCUT2D eigenvalue weighted by Crippen LogP contribution is 1.98. The number of nitrogens with two attached hydrogens (primary N) is 1. The van der Waals surface area contributed by atoms with Gasteiger partial charge in [0.05, 0.1) is 12.6 Å². The van der Waals surface area contributed by atoms with E-state index < -0.39 is 11.9 Å². The van der Waals surface area contributed by atoms with Crippen LogP contribution in [-0.4, -0.2) is 50.0 Å². The Kier molecular flexibility index (Phi) is 9.93. The summed E-state index contributed by atoms with van der Waals surface area (Å²) >= 11 is 0. The van der Waals surface area contributed by atoms with Crippen LogP contribution in [0, 0.1) is 0 Å². The zero-order valence-corrected chi connectivity index (χ0v) is 10.6. The van der Waals surface area contributed by atoms with Crippen molar-refractivity contribution < 1.29 is 19.5 Å². The van der Waals surface area contributed by atoms with E-state index in [1.54, 1.807) is 7.11 Å². The highest BCUT2D eigenvalue weighted by atomic mass is 16.5. The zero-order chi connectivity index (χ0) is 13.8. The van der Waals surface area contributed by atoms with Crippen molar-refractivity contribution >= 4 is 11.9 Å². The molecule has 1 atom stereocenters. The number of carbonyl (C=O) groups is 2. The molecule has 3 amide bonds. The smallest absolute Gasteiger partial charge is 0.314 e. The first-order valence-electron chi connectivity index (χ1n) is 5.82. The van der Waals surface area contributed by atoms with Crippen molar-refractivity contribution in [3.05, 3.63) is 0 Å². The Bertz CT molecular complexity index is 250. The van der Waals surface area contributed by atoms with Crippen molar-refractivity contribution in [2.24, 2.45) is 5.73 Å². The lowest BCUT2D eigenvalue weighted by Gasteiger charge is -2.09. The zero-order valence-electron chi connectivity index (χ0n) is 10.6. The number of ether oxygens (including phenoxy) is 1. The molecule has 0 saturated carbocycles. The highest BCUT2D eigenvalue weighted by Gasteiger charge is 2.11. The fourth-order valence-electron chi connectivity index (χ4n) is 1.23. The lowest BCUT2D eigenvalue weighted by atomic mass is 10.1. The first kappa shape index (κ1) is 16.6. The van der Waals surface area contributed by atoms with Gasteiger partial charge in [-0.05, 0) is 19.3 Å². The third-order valence-corrected chi connectivity index (χ3v) is 2.27. The van der Waals surface area contributed by atoms with Gasteiger partial charge in [-0.25, -0.2) is 10.3 Å². The summed E-state index contributed by atoms with van der Waals surface area (Å²) in [5.41, 5.74) is 6.96. The molecule has 0 aliphatic rings. The Morgan fingerprint density at radius 2 is 1.94 bits per heavy atom. The van der Waals surface area contributed by atoms with E-state index in [1.165, 1.54) is 5.48 Å².